The van der Waals surface area contributed by atoms with E-state index in [1.165, 1.54) is 6.08 Å². The number of hydrogen-bond acceptors (Lipinski definition) is 6. The molecule has 0 bridgehead atoms. The molecule has 35 heavy (non-hydrogen) atoms. The van der Waals surface area contributed by atoms with Crippen molar-refractivity contribution in [2.45, 2.75) is 20.1 Å². The van der Waals surface area contributed by atoms with Gasteiger partial charge in [0.15, 0.2) is 0 Å². The number of benzene rings is 2. The highest BCUT2D eigenvalue weighted by atomic mass is 32.1. The van der Waals surface area contributed by atoms with Crippen molar-refractivity contribution in [3.05, 3.63) is 112 Å². The molecule has 0 fully saturated rings. The molecule has 2 amide bonds. The highest BCUT2D eigenvalue weighted by Gasteiger charge is 2.08. The topological polar surface area (TPSA) is 93.2 Å². The van der Waals surface area contributed by atoms with Crippen LogP contribution in [0, 0.1) is 6.92 Å². The average molecular weight is 485 g/mol. The molecule has 0 unspecified atom stereocenters. The Morgan fingerprint density at radius 3 is 2.71 bits per heavy atom. The Balaban J connectivity index is 1.31. The second-order valence-electron chi connectivity index (χ2n) is 7.63. The Morgan fingerprint density at radius 1 is 1.03 bits per heavy atom. The number of hydrogen-bond donors (Lipinski definition) is 2. The highest BCUT2D eigenvalue weighted by molar-refractivity contribution is 7.09. The maximum Gasteiger partial charge on any atom is 0.251 e. The SMILES string of the molecule is Cc1nc(COc2cccc(/C=C/C(=O)Nc3cccc(C(=O)NCc4ccccn4)c3)c2)cs1. The molecule has 2 aromatic heterocycles. The van der Waals surface area contributed by atoms with E-state index in [9.17, 15) is 9.59 Å². The van der Waals surface area contributed by atoms with E-state index in [0.29, 0.717) is 30.2 Å². The number of aromatic nitrogens is 2. The van der Waals surface area contributed by atoms with Crippen molar-refractivity contribution >= 4 is 34.9 Å². The first-order valence-electron chi connectivity index (χ1n) is 11.0. The van der Waals surface area contributed by atoms with Crippen LogP contribution in [0.3, 0.4) is 0 Å². The third-order valence-electron chi connectivity index (χ3n) is 4.89. The minimum atomic E-state index is -0.305. The third kappa shape index (κ3) is 7.35. The summed E-state index contributed by atoms with van der Waals surface area (Å²) in [5.41, 5.74) is 3.46. The molecular formula is C27H24N4O3S. The molecule has 0 aliphatic heterocycles. The van der Waals surface area contributed by atoms with Crippen LogP contribution < -0.4 is 15.4 Å². The van der Waals surface area contributed by atoms with Crippen LogP contribution in [0.15, 0.2) is 84.4 Å². The normalized spacial score (nSPS) is 10.8. The first-order valence-corrected chi connectivity index (χ1v) is 11.8. The van der Waals surface area contributed by atoms with E-state index >= 15 is 0 Å². The predicted molar refractivity (Wildman–Crippen MR) is 137 cm³/mol. The van der Waals surface area contributed by atoms with Gasteiger partial charge in [-0.05, 0) is 61.0 Å². The van der Waals surface area contributed by atoms with Crippen molar-refractivity contribution in [1.29, 1.82) is 0 Å². The van der Waals surface area contributed by atoms with Crippen LogP contribution in [-0.2, 0) is 17.9 Å². The largest absolute Gasteiger partial charge is 0.487 e. The summed E-state index contributed by atoms with van der Waals surface area (Å²) in [7, 11) is 0. The second-order valence-corrected chi connectivity index (χ2v) is 8.69. The number of aryl methyl sites for hydroxylation is 1. The Kier molecular flexibility index (Phi) is 7.98. The summed E-state index contributed by atoms with van der Waals surface area (Å²) in [5, 5.41) is 8.59. The monoisotopic (exact) mass is 484 g/mol. The van der Waals surface area contributed by atoms with Gasteiger partial charge in [0.05, 0.1) is 22.9 Å². The zero-order valence-electron chi connectivity index (χ0n) is 19.1. The molecule has 176 valence electrons. The molecule has 8 heteroatoms. The maximum absolute atomic E-state index is 12.5. The molecule has 0 aliphatic carbocycles. The number of rotatable bonds is 9. The third-order valence-corrected chi connectivity index (χ3v) is 5.71. The van der Waals surface area contributed by atoms with Gasteiger partial charge < -0.3 is 15.4 Å². The lowest BCUT2D eigenvalue weighted by Crippen LogP contribution is -2.23. The molecule has 0 spiro atoms. The molecule has 2 N–H and O–H groups in total. The molecule has 7 nitrogen and oxygen atoms in total. The number of pyridine rings is 1. The molecule has 2 aromatic carbocycles. The minimum Gasteiger partial charge on any atom is -0.487 e. The van der Waals surface area contributed by atoms with Crippen LogP contribution >= 0.6 is 11.3 Å². The number of thiazole rings is 1. The molecule has 0 atom stereocenters. The summed E-state index contributed by atoms with van der Waals surface area (Å²) >= 11 is 1.59. The Morgan fingerprint density at radius 2 is 1.91 bits per heavy atom. The Labute approximate surface area is 207 Å². The van der Waals surface area contributed by atoms with E-state index in [1.807, 2.05) is 54.8 Å². The number of nitrogens with one attached hydrogen (secondary N) is 2. The van der Waals surface area contributed by atoms with Crippen LogP contribution in [0.2, 0.25) is 0 Å². The van der Waals surface area contributed by atoms with E-state index < -0.39 is 0 Å². The summed E-state index contributed by atoms with van der Waals surface area (Å²) < 4.78 is 5.80. The fourth-order valence-electron chi connectivity index (χ4n) is 3.21. The maximum atomic E-state index is 12.5. The van der Waals surface area contributed by atoms with Crippen LogP contribution in [0.25, 0.3) is 6.08 Å². The van der Waals surface area contributed by atoms with E-state index in [0.717, 1.165) is 22.0 Å². The lowest BCUT2D eigenvalue weighted by molar-refractivity contribution is -0.111. The predicted octanol–water partition coefficient (Wildman–Crippen LogP) is 5.01. The fraction of sp³-hybridized carbons (Fsp3) is 0.111. The van der Waals surface area contributed by atoms with Gasteiger partial charge in [-0.1, -0.05) is 24.3 Å². The summed E-state index contributed by atoms with van der Waals surface area (Å²) in [6, 6.07) is 19.8. The van der Waals surface area contributed by atoms with E-state index in [2.05, 4.69) is 20.6 Å². The molecule has 0 radical (unpaired) electrons. The number of carbonyl (C=O) groups excluding carboxylic acids is 2. The summed E-state index contributed by atoms with van der Waals surface area (Å²) in [4.78, 5) is 33.5. The second kappa shape index (κ2) is 11.7. The van der Waals surface area contributed by atoms with Gasteiger partial charge in [-0.2, -0.15) is 0 Å². The van der Waals surface area contributed by atoms with Gasteiger partial charge in [-0.25, -0.2) is 4.98 Å². The standard InChI is InChI=1S/C27H24N4O3S/c1-19-30-24(18-35-19)17-34-25-10-4-6-20(14-25)11-12-26(32)31-22-9-5-7-21(15-22)27(33)29-16-23-8-2-3-13-28-23/h2-15,18H,16-17H2,1H3,(H,29,33)(H,31,32)/b12-11+. The molecular weight excluding hydrogens is 460 g/mol. The average Bonchev–Trinajstić information content (AvgIpc) is 3.31. The van der Waals surface area contributed by atoms with Gasteiger partial charge in [0, 0.05) is 28.9 Å². The summed E-state index contributed by atoms with van der Waals surface area (Å²) in [6.45, 7) is 2.67. The lowest BCUT2D eigenvalue weighted by Gasteiger charge is -2.07. The zero-order valence-corrected chi connectivity index (χ0v) is 19.9. The van der Waals surface area contributed by atoms with Gasteiger partial charge in [-0.15, -0.1) is 11.3 Å². The molecule has 4 aromatic rings. The van der Waals surface area contributed by atoms with Crippen molar-refractivity contribution in [3.8, 4) is 5.75 Å². The van der Waals surface area contributed by atoms with Gasteiger partial charge in [0.25, 0.3) is 5.91 Å². The zero-order chi connectivity index (χ0) is 24.5. The quantitative estimate of drug-likeness (QED) is 0.326. The summed E-state index contributed by atoms with van der Waals surface area (Å²) in [6.07, 6.45) is 4.83. The number of ether oxygens (including phenoxy) is 1. The van der Waals surface area contributed by atoms with Crippen molar-refractivity contribution in [2.24, 2.45) is 0 Å². The Bertz CT molecular complexity index is 1340. The lowest BCUT2D eigenvalue weighted by atomic mass is 10.1. The molecule has 4 rings (SSSR count). The molecule has 0 saturated carbocycles. The smallest absolute Gasteiger partial charge is 0.251 e. The summed E-state index contributed by atoms with van der Waals surface area (Å²) in [5.74, 6) is 0.148. The van der Waals surface area contributed by atoms with Gasteiger partial charge >= 0.3 is 0 Å². The van der Waals surface area contributed by atoms with Crippen LogP contribution in [0.4, 0.5) is 5.69 Å². The molecule has 2 heterocycles. The number of anilines is 1. The molecule has 0 aliphatic rings. The molecule has 0 saturated heterocycles. The van der Waals surface area contributed by atoms with Crippen molar-refractivity contribution in [2.75, 3.05) is 5.32 Å². The number of nitrogens with zero attached hydrogens (tertiary/aromatic N) is 2. The first-order chi connectivity index (χ1) is 17.0. The first kappa shape index (κ1) is 23.8. The van der Waals surface area contributed by atoms with Crippen molar-refractivity contribution in [1.82, 2.24) is 15.3 Å². The van der Waals surface area contributed by atoms with E-state index in [-0.39, 0.29) is 11.8 Å². The fourth-order valence-corrected chi connectivity index (χ4v) is 3.81. The van der Waals surface area contributed by atoms with Gasteiger partial charge in [0.2, 0.25) is 5.91 Å². The van der Waals surface area contributed by atoms with Crippen molar-refractivity contribution < 1.29 is 14.3 Å². The van der Waals surface area contributed by atoms with Crippen molar-refractivity contribution in [3.63, 3.8) is 0 Å². The van der Waals surface area contributed by atoms with E-state index in [1.54, 1.807) is 47.9 Å². The van der Waals surface area contributed by atoms with E-state index in [4.69, 9.17) is 4.74 Å². The minimum absolute atomic E-state index is 0.244. The van der Waals surface area contributed by atoms with Crippen LogP contribution in [-0.4, -0.2) is 21.8 Å². The van der Waals surface area contributed by atoms with Gasteiger partial charge in [-0.3, -0.25) is 14.6 Å². The van der Waals surface area contributed by atoms with Gasteiger partial charge in [0.1, 0.15) is 12.4 Å². The Hall–Kier alpha value is -4.30. The number of amides is 2. The van der Waals surface area contributed by atoms with Crippen LogP contribution in [0.5, 0.6) is 5.75 Å². The van der Waals surface area contributed by atoms with Crippen LogP contribution in [0.1, 0.15) is 32.3 Å². The number of carbonyl (C=O) groups is 2. The highest BCUT2D eigenvalue weighted by Crippen LogP contribution is 2.17.